The Balaban J connectivity index is 1.92. The van der Waals surface area contributed by atoms with Gasteiger partial charge in [-0.25, -0.2) is 0 Å². The van der Waals surface area contributed by atoms with Gasteiger partial charge in [-0.2, -0.15) is 0 Å². The predicted molar refractivity (Wildman–Crippen MR) is 84.0 cm³/mol. The Morgan fingerprint density at radius 3 is 2.68 bits per heavy atom. The van der Waals surface area contributed by atoms with Crippen LogP contribution in [0.4, 0.5) is 5.69 Å². The Bertz CT molecular complexity index is 852. The molecule has 0 spiro atoms. The highest BCUT2D eigenvalue weighted by atomic mass is 16.5. The molecule has 0 unspecified atom stereocenters. The predicted octanol–water partition coefficient (Wildman–Crippen LogP) is 3.35. The van der Waals surface area contributed by atoms with E-state index in [1.54, 1.807) is 24.3 Å². The maximum Gasteiger partial charge on any atom is 0.308 e. The summed E-state index contributed by atoms with van der Waals surface area (Å²) in [5, 5.41) is 3.85. The lowest BCUT2D eigenvalue weighted by atomic mass is 10.1. The first kappa shape index (κ1) is 13.9. The van der Waals surface area contributed by atoms with E-state index >= 15 is 0 Å². The number of aromatic amines is 1. The zero-order valence-corrected chi connectivity index (χ0v) is 11.9. The number of hydrogen-bond acceptors (Lipinski definition) is 3. The van der Waals surface area contributed by atoms with Crippen LogP contribution < -0.4 is 10.1 Å². The van der Waals surface area contributed by atoms with Crippen molar-refractivity contribution in [3.8, 4) is 5.75 Å². The van der Waals surface area contributed by atoms with E-state index in [1.165, 1.54) is 6.92 Å². The maximum absolute atomic E-state index is 12.5. The van der Waals surface area contributed by atoms with Crippen LogP contribution in [0.5, 0.6) is 5.75 Å². The molecular weight excluding hydrogens is 280 g/mol. The smallest absolute Gasteiger partial charge is 0.308 e. The molecule has 2 aromatic carbocycles. The van der Waals surface area contributed by atoms with Crippen molar-refractivity contribution < 1.29 is 14.3 Å². The number of carbonyl (C=O) groups is 2. The van der Waals surface area contributed by atoms with Crippen molar-refractivity contribution >= 4 is 28.5 Å². The van der Waals surface area contributed by atoms with E-state index in [4.69, 9.17) is 4.74 Å². The van der Waals surface area contributed by atoms with Crippen molar-refractivity contribution in [3.05, 3.63) is 60.3 Å². The van der Waals surface area contributed by atoms with Crippen LogP contribution in [-0.4, -0.2) is 16.9 Å². The van der Waals surface area contributed by atoms with Crippen LogP contribution in [0.3, 0.4) is 0 Å². The standard InChI is InChI=1S/C17H14N2O3/c1-11(20)22-15-8-3-2-6-13(15)17(21)19-14-7-4-5-12-9-10-18-16(12)14/h2-10,18H,1H3,(H,19,21). The fraction of sp³-hybridized carbons (Fsp3) is 0.0588. The first-order valence-electron chi connectivity index (χ1n) is 6.80. The second-order valence-corrected chi connectivity index (χ2v) is 4.79. The summed E-state index contributed by atoms with van der Waals surface area (Å²) in [5.74, 6) is -0.558. The van der Waals surface area contributed by atoms with Crippen LogP contribution in [-0.2, 0) is 4.79 Å². The van der Waals surface area contributed by atoms with Gasteiger partial charge in [-0.15, -0.1) is 0 Å². The van der Waals surface area contributed by atoms with E-state index in [9.17, 15) is 9.59 Å². The molecule has 0 bridgehead atoms. The highest BCUT2D eigenvalue weighted by Crippen LogP contribution is 2.24. The van der Waals surface area contributed by atoms with E-state index in [1.807, 2.05) is 30.5 Å². The molecule has 2 N–H and O–H groups in total. The van der Waals surface area contributed by atoms with Gasteiger partial charge in [-0.1, -0.05) is 24.3 Å². The first-order valence-corrected chi connectivity index (χ1v) is 6.80. The van der Waals surface area contributed by atoms with Crippen LogP contribution in [0.1, 0.15) is 17.3 Å². The fourth-order valence-corrected chi connectivity index (χ4v) is 2.28. The Hall–Kier alpha value is -3.08. The molecule has 22 heavy (non-hydrogen) atoms. The molecule has 1 heterocycles. The quantitative estimate of drug-likeness (QED) is 0.575. The van der Waals surface area contributed by atoms with Crippen LogP contribution in [0.15, 0.2) is 54.7 Å². The number of amides is 1. The number of hydrogen-bond donors (Lipinski definition) is 2. The lowest BCUT2D eigenvalue weighted by molar-refractivity contribution is -0.131. The number of para-hydroxylation sites is 2. The van der Waals surface area contributed by atoms with Crippen molar-refractivity contribution in [1.82, 2.24) is 4.98 Å². The van der Waals surface area contributed by atoms with Gasteiger partial charge in [0.2, 0.25) is 0 Å². The van der Waals surface area contributed by atoms with Gasteiger partial charge in [0.05, 0.1) is 16.8 Å². The van der Waals surface area contributed by atoms with E-state index in [0.29, 0.717) is 11.3 Å². The SMILES string of the molecule is CC(=O)Oc1ccccc1C(=O)Nc1cccc2cc[nH]c12. The number of nitrogens with one attached hydrogen (secondary N) is 2. The minimum atomic E-state index is -0.466. The molecule has 5 nitrogen and oxygen atoms in total. The maximum atomic E-state index is 12.5. The van der Waals surface area contributed by atoms with Crippen LogP contribution in [0, 0.1) is 0 Å². The molecule has 3 aromatic rings. The summed E-state index contributed by atoms with van der Waals surface area (Å²) in [6, 6.07) is 14.2. The van der Waals surface area contributed by atoms with Gasteiger partial charge in [0.1, 0.15) is 5.75 Å². The average molecular weight is 294 g/mol. The molecule has 0 saturated heterocycles. The normalized spacial score (nSPS) is 10.4. The Morgan fingerprint density at radius 2 is 1.86 bits per heavy atom. The van der Waals surface area contributed by atoms with E-state index in [0.717, 1.165) is 10.9 Å². The third kappa shape index (κ3) is 2.69. The highest BCUT2D eigenvalue weighted by Gasteiger charge is 2.14. The number of esters is 1. The number of rotatable bonds is 3. The van der Waals surface area contributed by atoms with Gasteiger partial charge in [-0.05, 0) is 24.3 Å². The number of H-pyrrole nitrogens is 1. The number of carbonyl (C=O) groups excluding carboxylic acids is 2. The molecule has 0 atom stereocenters. The zero-order chi connectivity index (χ0) is 15.5. The monoisotopic (exact) mass is 294 g/mol. The number of ether oxygens (including phenoxy) is 1. The molecule has 0 aliphatic rings. The molecule has 110 valence electrons. The van der Waals surface area contributed by atoms with Crippen LogP contribution in [0.2, 0.25) is 0 Å². The second kappa shape index (κ2) is 5.73. The number of anilines is 1. The molecule has 0 fully saturated rings. The van der Waals surface area contributed by atoms with E-state index < -0.39 is 5.97 Å². The summed E-state index contributed by atoms with van der Waals surface area (Å²) >= 11 is 0. The molecule has 3 rings (SSSR count). The fourth-order valence-electron chi connectivity index (χ4n) is 2.28. The van der Waals surface area contributed by atoms with Crippen molar-refractivity contribution in [2.24, 2.45) is 0 Å². The second-order valence-electron chi connectivity index (χ2n) is 4.79. The third-order valence-electron chi connectivity index (χ3n) is 3.22. The molecule has 0 aliphatic heterocycles. The molecule has 5 heteroatoms. The average Bonchev–Trinajstić information content (AvgIpc) is 2.96. The molecule has 0 aliphatic carbocycles. The van der Waals surface area contributed by atoms with Crippen LogP contribution in [0.25, 0.3) is 10.9 Å². The summed E-state index contributed by atoms with van der Waals surface area (Å²) in [6.45, 7) is 1.30. The Kier molecular flexibility index (Phi) is 3.62. The first-order chi connectivity index (χ1) is 10.6. The summed E-state index contributed by atoms with van der Waals surface area (Å²) < 4.78 is 5.07. The molecular formula is C17H14N2O3. The topological polar surface area (TPSA) is 71.2 Å². The van der Waals surface area contributed by atoms with Gasteiger partial charge in [-0.3, -0.25) is 9.59 Å². The summed E-state index contributed by atoms with van der Waals surface area (Å²) in [5.41, 5.74) is 1.83. The van der Waals surface area contributed by atoms with Crippen molar-refractivity contribution in [3.63, 3.8) is 0 Å². The van der Waals surface area contributed by atoms with Crippen molar-refractivity contribution in [1.29, 1.82) is 0 Å². The summed E-state index contributed by atoms with van der Waals surface area (Å²) in [4.78, 5) is 26.7. The van der Waals surface area contributed by atoms with Gasteiger partial charge in [0, 0.05) is 18.5 Å². The highest BCUT2D eigenvalue weighted by molar-refractivity contribution is 6.10. The molecule has 1 amide bonds. The van der Waals surface area contributed by atoms with E-state index in [-0.39, 0.29) is 11.7 Å². The number of fused-ring (bicyclic) bond motifs is 1. The minimum Gasteiger partial charge on any atom is -0.426 e. The zero-order valence-electron chi connectivity index (χ0n) is 11.9. The molecule has 0 saturated carbocycles. The van der Waals surface area contributed by atoms with Gasteiger partial charge >= 0.3 is 5.97 Å². The summed E-state index contributed by atoms with van der Waals surface area (Å²) in [7, 11) is 0. The van der Waals surface area contributed by atoms with Crippen molar-refractivity contribution in [2.45, 2.75) is 6.92 Å². The largest absolute Gasteiger partial charge is 0.426 e. The Labute approximate surface area is 126 Å². The Morgan fingerprint density at radius 1 is 1.05 bits per heavy atom. The van der Waals surface area contributed by atoms with Gasteiger partial charge in [0.15, 0.2) is 0 Å². The molecule has 1 aromatic heterocycles. The minimum absolute atomic E-state index is 0.242. The van der Waals surface area contributed by atoms with Crippen LogP contribution >= 0.6 is 0 Å². The van der Waals surface area contributed by atoms with E-state index in [2.05, 4.69) is 10.3 Å². The van der Waals surface area contributed by atoms with Gasteiger partial charge in [0.25, 0.3) is 5.91 Å². The summed E-state index contributed by atoms with van der Waals surface area (Å²) in [6.07, 6.45) is 1.81. The third-order valence-corrected chi connectivity index (χ3v) is 3.22. The lowest BCUT2D eigenvalue weighted by Gasteiger charge is -2.10. The van der Waals surface area contributed by atoms with Gasteiger partial charge < -0.3 is 15.0 Å². The molecule has 0 radical (unpaired) electrons. The van der Waals surface area contributed by atoms with Crippen molar-refractivity contribution in [2.75, 3.05) is 5.32 Å². The number of aromatic nitrogens is 1. The number of benzene rings is 2. The lowest BCUT2D eigenvalue weighted by Crippen LogP contribution is -2.15.